The van der Waals surface area contributed by atoms with E-state index in [0.717, 1.165) is 11.3 Å². The number of fused-ring (bicyclic) bond motifs is 1. The number of hydrogen-bond donors (Lipinski definition) is 1. The van der Waals surface area contributed by atoms with Gasteiger partial charge in [-0.3, -0.25) is 13.9 Å². The quantitative estimate of drug-likeness (QED) is 0.782. The Balaban J connectivity index is 1.77. The SMILES string of the molecule is Cc1cccn2c(=O)cc(CN[C@H](C)[C@H](C)n3cccn3)nc12. The minimum absolute atomic E-state index is 0.0525. The second-order valence-corrected chi connectivity index (χ2v) is 5.87. The Bertz CT molecular complexity index is 853. The van der Waals surface area contributed by atoms with Gasteiger partial charge in [0.1, 0.15) is 5.65 Å². The smallest absolute Gasteiger partial charge is 0.258 e. The van der Waals surface area contributed by atoms with Gasteiger partial charge in [-0.05, 0) is 38.5 Å². The minimum Gasteiger partial charge on any atom is -0.307 e. The zero-order valence-corrected chi connectivity index (χ0v) is 13.6. The molecule has 3 aromatic rings. The Hall–Kier alpha value is -2.47. The van der Waals surface area contributed by atoms with Gasteiger partial charge in [0.2, 0.25) is 0 Å². The largest absolute Gasteiger partial charge is 0.307 e. The van der Waals surface area contributed by atoms with E-state index in [-0.39, 0.29) is 17.6 Å². The van der Waals surface area contributed by atoms with E-state index >= 15 is 0 Å². The van der Waals surface area contributed by atoms with Crippen molar-refractivity contribution in [1.29, 1.82) is 0 Å². The average molecular weight is 311 g/mol. The summed E-state index contributed by atoms with van der Waals surface area (Å²) in [5.41, 5.74) is 2.40. The fourth-order valence-corrected chi connectivity index (χ4v) is 2.59. The number of nitrogens with zero attached hydrogens (tertiary/aromatic N) is 4. The van der Waals surface area contributed by atoms with Crippen LogP contribution < -0.4 is 10.9 Å². The molecule has 6 nitrogen and oxygen atoms in total. The fraction of sp³-hybridized carbons (Fsp3) is 0.353. The molecule has 0 spiro atoms. The highest BCUT2D eigenvalue weighted by molar-refractivity contribution is 5.46. The summed E-state index contributed by atoms with van der Waals surface area (Å²) >= 11 is 0. The molecule has 3 aromatic heterocycles. The van der Waals surface area contributed by atoms with Crippen LogP contribution in [0, 0.1) is 6.92 Å². The minimum atomic E-state index is -0.0525. The molecule has 0 saturated heterocycles. The van der Waals surface area contributed by atoms with Crippen molar-refractivity contribution in [3.05, 3.63) is 64.5 Å². The van der Waals surface area contributed by atoms with Gasteiger partial charge in [0.05, 0.1) is 11.7 Å². The van der Waals surface area contributed by atoms with Gasteiger partial charge in [-0.2, -0.15) is 5.10 Å². The first kappa shape index (κ1) is 15.4. The van der Waals surface area contributed by atoms with Crippen molar-refractivity contribution in [3.63, 3.8) is 0 Å². The van der Waals surface area contributed by atoms with Crippen LogP contribution in [-0.2, 0) is 6.54 Å². The van der Waals surface area contributed by atoms with Gasteiger partial charge in [0.15, 0.2) is 0 Å². The molecule has 120 valence electrons. The van der Waals surface area contributed by atoms with E-state index in [1.165, 1.54) is 0 Å². The van der Waals surface area contributed by atoms with Gasteiger partial charge in [-0.15, -0.1) is 0 Å². The summed E-state index contributed by atoms with van der Waals surface area (Å²) in [5, 5.41) is 7.69. The molecule has 2 atom stereocenters. The molecule has 1 N–H and O–H groups in total. The predicted molar refractivity (Wildman–Crippen MR) is 89.4 cm³/mol. The lowest BCUT2D eigenvalue weighted by atomic mass is 10.1. The third kappa shape index (κ3) is 3.17. The molecule has 0 aliphatic rings. The molecule has 0 unspecified atom stereocenters. The first-order valence-electron chi connectivity index (χ1n) is 7.76. The summed E-state index contributed by atoms with van der Waals surface area (Å²) < 4.78 is 3.50. The highest BCUT2D eigenvalue weighted by Crippen LogP contribution is 2.10. The van der Waals surface area contributed by atoms with Gasteiger partial charge in [-0.25, -0.2) is 4.98 Å². The number of hydrogen-bond acceptors (Lipinski definition) is 4. The van der Waals surface area contributed by atoms with Crippen LogP contribution in [0.2, 0.25) is 0 Å². The molecule has 0 saturated carbocycles. The number of aromatic nitrogens is 4. The number of rotatable bonds is 5. The van der Waals surface area contributed by atoms with Crippen LogP contribution in [0.1, 0.15) is 31.1 Å². The van der Waals surface area contributed by atoms with Gasteiger partial charge < -0.3 is 5.32 Å². The van der Waals surface area contributed by atoms with Gasteiger partial charge in [-0.1, -0.05) is 6.07 Å². The van der Waals surface area contributed by atoms with Crippen molar-refractivity contribution in [3.8, 4) is 0 Å². The van der Waals surface area contributed by atoms with Crippen molar-refractivity contribution < 1.29 is 0 Å². The van der Waals surface area contributed by atoms with Crippen molar-refractivity contribution >= 4 is 5.65 Å². The average Bonchev–Trinajstić information content (AvgIpc) is 3.07. The van der Waals surface area contributed by atoms with E-state index in [9.17, 15) is 4.79 Å². The van der Waals surface area contributed by atoms with Crippen LogP contribution in [0.3, 0.4) is 0 Å². The van der Waals surface area contributed by atoms with Gasteiger partial charge >= 0.3 is 0 Å². The van der Waals surface area contributed by atoms with Crippen LogP contribution in [0.15, 0.2) is 47.7 Å². The maximum Gasteiger partial charge on any atom is 0.258 e. The third-order valence-corrected chi connectivity index (χ3v) is 4.21. The molecule has 0 fully saturated rings. The maximum absolute atomic E-state index is 12.2. The second-order valence-electron chi connectivity index (χ2n) is 5.87. The summed E-state index contributed by atoms with van der Waals surface area (Å²) in [5.74, 6) is 0. The standard InChI is InChI=1S/C17H21N5O/c1-12-6-4-8-21-16(23)10-15(20-17(12)21)11-18-13(2)14(3)22-9-5-7-19-22/h4-10,13-14,18H,11H2,1-3H3/t13-,14+/m1/s1. The van der Waals surface area contributed by atoms with Gasteiger partial charge in [0.25, 0.3) is 5.56 Å². The summed E-state index contributed by atoms with van der Waals surface area (Å²) in [6.07, 6.45) is 5.47. The Kier molecular flexibility index (Phi) is 4.25. The van der Waals surface area contributed by atoms with E-state index in [1.807, 2.05) is 36.0 Å². The Morgan fingerprint density at radius 1 is 1.26 bits per heavy atom. The highest BCUT2D eigenvalue weighted by Gasteiger charge is 2.14. The number of nitrogens with one attached hydrogen (secondary N) is 1. The lowest BCUT2D eigenvalue weighted by molar-refractivity contribution is 0.363. The topological polar surface area (TPSA) is 64.2 Å². The van der Waals surface area contributed by atoms with Crippen molar-refractivity contribution in [1.82, 2.24) is 24.5 Å². The fourth-order valence-electron chi connectivity index (χ4n) is 2.59. The molecular weight excluding hydrogens is 290 g/mol. The number of aryl methyl sites for hydroxylation is 1. The third-order valence-electron chi connectivity index (χ3n) is 4.21. The summed E-state index contributed by atoms with van der Waals surface area (Å²) in [7, 11) is 0. The molecule has 0 radical (unpaired) electrons. The van der Waals surface area contributed by atoms with Crippen molar-refractivity contribution in [2.45, 2.75) is 39.4 Å². The van der Waals surface area contributed by atoms with Crippen LogP contribution >= 0.6 is 0 Å². The van der Waals surface area contributed by atoms with Gasteiger partial charge in [0, 0.05) is 37.2 Å². The lowest BCUT2D eigenvalue weighted by Gasteiger charge is -2.21. The Morgan fingerprint density at radius 2 is 2.09 bits per heavy atom. The normalized spacial score (nSPS) is 14.0. The van der Waals surface area contributed by atoms with Crippen LogP contribution in [-0.4, -0.2) is 25.2 Å². The molecule has 0 aromatic carbocycles. The van der Waals surface area contributed by atoms with Crippen molar-refractivity contribution in [2.24, 2.45) is 0 Å². The highest BCUT2D eigenvalue weighted by atomic mass is 16.1. The predicted octanol–water partition coefficient (Wildman–Crippen LogP) is 1.94. The summed E-state index contributed by atoms with van der Waals surface area (Å²) in [4.78, 5) is 16.8. The molecule has 0 aliphatic carbocycles. The van der Waals surface area contributed by atoms with E-state index in [1.54, 1.807) is 22.9 Å². The molecule has 6 heteroatoms. The molecule has 23 heavy (non-hydrogen) atoms. The van der Waals surface area contributed by atoms with E-state index in [4.69, 9.17) is 0 Å². The molecular formula is C17H21N5O. The molecule has 0 amide bonds. The molecule has 0 aliphatic heterocycles. The maximum atomic E-state index is 12.2. The van der Waals surface area contributed by atoms with Crippen LogP contribution in [0.4, 0.5) is 0 Å². The Labute approximate surface area is 134 Å². The zero-order valence-electron chi connectivity index (χ0n) is 13.6. The van der Waals surface area contributed by atoms with E-state index in [2.05, 4.69) is 29.2 Å². The van der Waals surface area contributed by atoms with Crippen molar-refractivity contribution in [2.75, 3.05) is 0 Å². The molecule has 3 heterocycles. The Morgan fingerprint density at radius 3 is 2.83 bits per heavy atom. The molecule has 0 bridgehead atoms. The zero-order chi connectivity index (χ0) is 16.4. The lowest BCUT2D eigenvalue weighted by Crippen LogP contribution is -2.34. The summed E-state index contributed by atoms with van der Waals surface area (Å²) in [6, 6.07) is 7.74. The monoisotopic (exact) mass is 311 g/mol. The summed E-state index contributed by atoms with van der Waals surface area (Å²) in [6.45, 7) is 6.72. The van der Waals surface area contributed by atoms with E-state index < -0.39 is 0 Å². The first-order valence-corrected chi connectivity index (χ1v) is 7.76. The van der Waals surface area contributed by atoms with Crippen LogP contribution in [0.5, 0.6) is 0 Å². The van der Waals surface area contributed by atoms with Crippen LogP contribution in [0.25, 0.3) is 5.65 Å². The molecule has 3 rings (SSSR count). The first-order chi connectivity index (χ1) is 11.1. The number of pyridine rings is 1. The second kappa shape index (κ2) is 6.34. The van der Waals surface area contributed by atoms with E-state index in [0.29, 0.717) is 12.2 Å².